The molecule has 126 valence electrons. The van der Waals surface area contributed by atoms with E-state index in [-0.39, 0.29) is 18.4 Å². The van der Waals surface area contributed by atoms with Gasteiger partial charge in [0, 0.05) is 25.7 Å². The fraction of sp³-hybridized carbons (Fsp3) is 0.562. The maximum atomic E-state index is 11.6. The Bertz CT molecular complexity index is 680. The highest BCUT2D eigenvalue weighted by Crippen LogP contribution is 2.41. The average molecular weight is 356 g/mol. The van der Waals surface area contributed by atoms with Gasteiger partial charge in [0.05, 0.1) is 17.9 Å². The Morgan fingerprint density at radius 1 is 1.26 bits per heavy atom. The van der Waals surface area contributed by atoms with Crippen molar-refractivity contribution in [3.63, 3.8) is 0 Å². The second kappa shape index (κ2) is 7.18. The summed E-state index contributed by atoms with van der Waals surface area (Å²) in [5.41, 5.74) is 1.83. The van der Waals surface area contributed by atoms with E-state index in [2.05, 4.69) is 15.7 Å². The lowest BCUT2D eigenvalue weighted by Crippen LogP contribution is -2.40. The van der Waals surface area contributed by atoms with E-state index in [9.17, 15) is 8.42 Å². The Hall–Kier alpha value is -1.13. The minimum Gasteiger partial charge on any atom is -0.297 e. The molecule has 0 radical (unpaired) electrons. The zero-order valence-corrected chi connectivity index (χ0v) is 14.7. The number of nitriles is 1. The first-order valence-electron chi connectivity index (χ1n) is 7.63. The lowest BCUT2D eigenvalue weighted by atomic mass is 9.99. The summed E-state index contributed by atoms with van der Waals surface area (Å²) in [4.78, 5) is 2.31. The molecule has 2 aliphatic rings. The number of hydrogen-bond acceptors (Lipinski definition) is 4. The molecule has 0 aromatic heterocycles. The van der Waals surface area contributed by atoms with Crippen LogP contribution >= 0.6 is 12.4 Å². The summed E-state index contributed by atoms with van der Waals surface area (Å²) in [7, 11) is -3.16. The third-order valence-corrected chi connectivity index (χ3v) is 5.25. The molecule has 23 heavy (non-hydrogen) atoms. The van der Waals surface area contributed by atoms with Crippen LogP contribution in [0.15, 0.2) is 24.3 Å². The van der Waals surface area contributed by atoms with Crippen LogP contribution in [-0.4, -0.2) is 38.7 Å². The summed E-state index contributed by atoms with van der Waals surface area (Å²) in [6, 6.07) is 9.76. The van der Waals surface area contributed by atoms with Gasteiger partial charge in [-0.05, 0) is 42.4 Å². The van der Waals surface area contributed by atoms with Crippen LogP contribution in [0.1, 0.15) is 24.0 Å². The molecule has 1 saturated heterocycles. The molecule has 2 atom stereocenters. The van der Waals surface area contributed by atoms with Crippen molar-refractivity contribution in [3.05, 3.63) is 35.4 Å². The highest BCUT2D eigenvalue weighted by molar-refractivity contribution is 7.88. The van der Waals surface area contributed by atoms with Crippen LogP contribution in [0.2, 0.25) is 0 Å². The highest BCUT2D eigenvalue weighted by Gasteiger charge is 2.43. The van der Waals surface area contributed by atoms with E-state index in [1.165, 1.54) is 19.1 Å². The van der Waals surface area contributed by atoms with Gasteiger partial charge in [-0.3, -0.25) is 4.90 Å². The molecule has 0 spiro atoms. The minimum atomic E-state index is -3.16. The van der Waals surface area contributed by atoms with Gasteiger partial charge in [0.15, 0.2) is 0 Å². The van der Waals surface area contributed by atoms with E-state index < -0.39 is 10.0 Å². The summed E-state index contributed by atoms with van der Waals surface area (Å²) < 4.78 is 25.9. The van der Waals surface area contributed by atoms with Gasteiger partial charge in [0.1, 0.15) is 0 Å². The fourth-order valence-corrected chi connectivity index (χ4v) is 4.19. The lowest BCUT2D eigenvalue weighted by molar-refractivity contribution is 0.309. The standard InChI is InChI=1S/C16H21N3O2S.ClH/c1-22(20,21)18-16-11-19(10-15(16)14-6-7-14)9-13-4-2-12(8-17)3-5-13;/h2-5,14-16,18H,6-7,9-11H2,1H3;1H/t15-,16+;/m1./s1. The molecule has 1 heterocycles. The van der Waals surface area contributed by atoms with Gasteiger partial charge >= 0.3 is 0 Å². The quantitative estimate of drug-likeness (QED) is 0.873. The zero-order chi connectivity index (χ0) is 15.7. The van der Waals surface area contributed by atoms with Crippen LogP contribution in [0.5, 0.6) is 0 Å². The second-order valence-electron chi connectivity index (χ2n) is 6.50. The predicted molar refractivity (Wildman–Crippen MR) is 91.7 cm³/mol. The van der Waals surface area contributed by atoms with Crippen molar-refractivity contribution in [3.8, 4) is 6.07 Å². The smallest absolute Gasteiger partial charge is 0.209 e. The van der Waals surface area contributed by atoms with Crippen LogP contribution < -0.4 is 4.72 Å². The zero-order valence-electron chi connectivity index (χ0n) is 13.1. The first-order chi connectivity index (χ1) is 10.4. The van der Waals surface area contributed by atoms with E-state index >= 15 is 0 Å². The molecule has 5 nitrogen and oxygen atoms in total. The third kappa shape index (κ3) is 4.92. The van der Waals surface area contributed by atoms with Gasteiger partial charge in [0.2, 0.25) is 10.0 Å². The summed E-state index contributed by atoms with van der Waals surface area (Å²) in [5, 5.41) is 8.83. The van der Waals surface area contributed by atoms with E-state index in [0.717, 1.165) is 25.2 Å². The van der Waals surface area contributed by atoms with Crippen molar-refractivity contribution in [1.29, 1.82) is 5.26 Å². The monoisotopic (exact) mass is 355 g/mol. The Balaban J connectivity index is 0.00000192. The maximum absolute atomic E-state index is 11.6. The van der Waals surface area contributed by atoms with Crippen LogP contribution in [0.3, 0.4) is 0 Å². The van der Waals surface area contributed by atoms with Crippen molar-refractivity contribution >= 4 is 22.4 Å². The summed E-state index contributed by atoms with van der Waals surface area (Å²) in [6.45, 7) is 2.50. The molecule has 7 heteroatoms. The molecule has 1 saturated carbocycles. The van der Waals surface area contributed by atoms with Gasteiger partial charge in [-0.15, -0.1) is 12.4 Å². The predicted octanol–water partition coefficient (Wildman–Crippen LogP) is 1.74. The molecular formula is C16H22ClN3O2S. The second-order valence-corrected chi connectivity index (χ2v) is 8.28. The lowest BCUT2D eigenvalue weighted by Gasteiger charge is -2.17. The van der Waals surface area contributed by atoms with Crippen molar-refractivity contribution in [2.45, 2.75) is 25.4 Å². The molecule has 1 aromatic carbocycles. The molecular weight excluding hydrogens is 334 g/mol. The van der Waals surface area contributed by atoms with E-state index in [0.29, 0.717) is 17.4 Å². The van der Waals surface area contributed by atoms with Crippen molar-refractivity contribution < 1.29 is 8.42 Å². The number of nitrogens with one attached hydrogen (secondary N) is 1. The van der Waals surface area contributed by atoms with Crippen LogP contribution in [0, 0.1) is 23.2 Å². The Labute approximate surface area is 144 Å². The van der Waals surface area contributed by atoms with Crippen molar-refractivity contribution in [2.24, 2.45) is 11.8 Å². The average Bonchev–Trinajstić information content (AvgIpc) is 3.22. The number of nitrogens with zero attached hydrogens (tertiary/aromatic N) is 2. The topological polar surface area (TPSA) is 73.2 Å². The van der Waals surface area contributed by atoms with E-state index in [4.69, 9.17) is 5.26 Å². The molecule has 1 aromatic rings. The molecule has 1 aliphatic carbocycles. The molecule has 1 N–H and O–H groups in total. The molecule has 0 unspecified atom stereocenters. The SMILES string of the molecule is CS(=O)(=O)N[C@H]1CN(Cc2ccc(C#N)cc2)C[C@@H]1C1CC1.Cl. The van der Waals surface area contributed by atoms with E-state index in [1.807, 2.05) is 24.3 Å². The number of halogens is 1. The number of rotatable bonds is 5. The molecule has 2 fully saturated rings. The van der Waals surface area contributed by atoms with Gasteiger partial charge < -0.3 is 0 Å². The van der Waals surface area contributed by atoms with Crippen LogP contribution in [-0.2, 0) is 16.6 Å². The minimum absolute atomic E-state index is 0. The number of benzene rings is 1. The summed E-state index contributed by atoms with van der Waals surface area (Å²) >= 11 is 0. The van der Waals surface area contributed by atoms with Gasteiger partial charge in [0.25, 0.3) is 0 Å². The van der Waals surface area contributed by atoms with E-state index in [1.54, 1.807) is 0 Å². The normalized spacial score (nSPS) is 24.9. The molecule has 0 bridgehead atoms. The van der Waals surface area contributed by atoms with Gasteiger partial charge in [-0.2, -0.15) is 5.26 Å². The van der Waals surface area contributed by atoms with Crippen LogP contribution in [0.25, 0.3) is 0 Å². The number of hydrogen-bond donors (Lipinski definition) is 1. The molecule has 3 rings (SSSR count). The molecule has 0 amide bonds. The summed E-state index contributed by atoms with van der Waals surface area (Å²) in [5.74, 6) is 1.10. The largest absolute Gasteiger partial charge is 0.297 e. The third-order valence-electron chi connectivity index (χ3n) is 4.52. The van der Waals surface area contributed by atoms with Gasteiger partial charge in [-0.25, -0.2) is 13.1 Å². The molecule has 1 aliphatic heterocycles. The van der Waals surface area contributed by atoms with Crippen LogP contribution in [0.4, 0.5) is 0 Å². The first-order valence-corrected chi connectivity index (χ1v) is 9.52. The maximum Gasteiger partial charge on any atom is 0.209 e. The van der Waals surface area contributed by atoms with Crippen molar-refractivity contribution in [1.82, 2.24) is 9.62 Å². The number of sulfonamides is 1. The number of likely N-dealkylation sites (tertiary alicyclic amines) is 1. The first kappa shape index (κ1) is 18.2. The Morgan fingerprint density at radius 2 is 1.91 bits per heavy atom. The summed E-state index contributed by atoms with van der Waals surface area (Å²) in [6.07, 6.45) is 3.68. The van der Waals surface area contributed by atoms with Crippen molar-refractivity contribution in [2.75, 3.05) is 19.3 Å². The Morgan fingerprint density at radius 3 is 2.43 bits per heavy atom. The highest BCUT2D eigenvalue weighted by atomic mass is 35.5. The fourth-order valence-electron chi connectivity index (χ4n) is 3.39. The van der Waals surface area contributed by atoms with Gasteiger partial charge in [-0.1, -0.05) is 12.1 Å². The Kier molecular flexibility index (Phi) is 5.69.